The summed E-state index contributed by atoms with van der Waals surface area (Å²) in [5.41, 5.74) is 7.21. The van der Waals surface area contributed by atoms with Crippen LogP contribution in [0.15, 0.2) is 30.3 Å². The first-order chi connectivity index (χ1) is 9.09. The predicted octanol–water partition coefficient (Wildman–Crippen LogP) is 3.18. The first kappa shape index (κ1) is 14.5. The Labute approximate surface area is 122 Å². The van der Waals surface area contributed by atoms with Gasteiger partial charge >= 0.3 is 0 Å². The molecule has 0 aromatic heterocycles. The molecule has 0 spiro atoms. The molecule has 0 aliphatic carbocycles. The highest BCUT2D eigenvalue weighted by Crippen LogP contribution is 2.26. The monoisotopic (exact) mass is 276 g/mol. The topological polar surface area (TPSA) is 29.3 Å². The number of nitrogens with two attached hydrogens (primary N) is 1. The second-order valence-corrected chi connectivity index (χ2v) is 6.19. The SMILES string of the molecule is CC1CCCN(CC(C(N)=S)c2ccccc2)C1C. The molecule has 2 N–H and O–H groups in total. The maximum absolute atomic E-state index is 5.97. The van der Waals surface area contributed by atoms with Crippen molar-refractivity contribution >= 4 is 17.2 Å². The molecule has 2 nitrogen and oxygen atoms in total. The number of likely N-dealkylation sites (tertiary alicyclic amines) is 1. The van der Waals surface area contributed by atoms with Crippen molar-refractivity contribution in [3.05, 3.63) is 35.9 Å². The van der Waals surface area contributed by atoms with Crippen LogP contribution in [0.2, 0.25) is 0 Å². The van der Waals surface area contributed by atoms with Gasteiger partial charge in [0.15, 0.2) is 0 Å². The van der Waals surface area contributed by atoms with Gasteiger partial charge in [-0.3, -0.25) is 4.90 Å². The third-order valence-electron chi connectivity index (χ3n) is 4.47. The lowest BCUT2D eigenvalue weighted by Crippen LogP contribution is -2.45. The molecule has 0 amide bonds. The zero-order valence-electron chi connectivity index (χ0n) is 11.9. The molecule has 1 fully saturated rings. The van der Waals surface area contributed by atoms with Crippen LogP contribution < -0.4 is 5.73 Å². The standard InChI is InChI=1S/C16H24N2S/c1-12-7-6-10-18(13(12)2)11-15(16(17)19)14-8-4-3-5-9-14/h3-5,8-9,12-13,15H,6-7,10-11H2,1-2H3,(H2,17,19). The van der Waals surface area contributed by atoms with Gasteiger partial charge in [-0.25, -0.2) is 0 Å². The zero-order valence-corrected chi connectivity index (χ0v) is 12.7. The fourth-order valence-electron chi connectivity index (χ4n) is 2.96. The maximum Gasteiger partial charge on any atom is 0.0816 e. The lowest BCUT2D eigenvalue weighted by Gasteiger charge is -2.39. The van der Waals surface area contributed by atoms with E-state index in [1.54, 1.807) is 0 Å². The summed E-state index contributed by atoms with van der Waals surface area (Å²) in [6.07, 6.45) is 2.62. The Hall–Kier alpha value is -0.930. The number of nitrogens with zero attached hydrogens (tertiary/aromatic N) is 1. The first-order valence-corrected chi connectivity index (χ1v) is 7.58. The van der Waals surface area contributed by atoms with Crippen LogP contribution in [-0.2, 0) is 0 Å². The molecule has 19 heavy (non-hydrogen) atoms. The molecular formula is C16H24N2S. The van der Waals surface area contributed by atoms with Crippen molar-refractivity contribution in [2.45, 2.75) is 38.6 Å². The van der Waals surface area contributed by atoms with Crippen molar-refractivity contribution in [1.29, 1.82) is 0 Å². The van der Waals surface area contributed by atoms with E-state index in [4.69, 9.17) is 18.0 Å². The van der Waals surface area contributed by atoms with E-state index in [1.165, 1.54) is 18.4 Å². The van der Waals surface area contributed by atoms with Gasteiger partial charge in [-0.05, 0) is 37.8 Å². The fourth-order valence-corrected chi connectivity index (χ4v) is 3.17. The Morgan fingerprint density at radius 3 is 2.68 bits per heavy atom. The summed E-state index contributed by atoms with van der Waals surface area (Å²) in [6, 6.07) is 11.0. The summed E-state index contributed by atoms with van der Waals surface area (Å²) in [7, 11) is 0. The van der Waals surface area contributed by atoms with Gasteiger partial charge in [0.25, 0.3) is 0 Å². The number of hydrogen-bond donors (Lipinski definition) is 1. The van der Waals surface area contributed by atoms with Gasteiger partial charge in [0.1, 0.15) is 0 Å². The Bertz CT molecular complexity index is 418. The van der Waals surface area contributed by atoms with E-state index in [2.05, 4.69) is 43.0 Å². The van der Waals surface area contributed by atoms with Crippen LogP contribution in [0, 0.1) is 5.92 Å². The van der Waals surface area contributed by atoms with E-state index in [0.717, 1.165) is 19.0 Å². The fraction of sp³-hybridized carbons (Fsp3) is 0.562. The number of rotatable bonds is 4. The highest BCUT2D eigenvalue weighted by molar-refractivity contribution is 7.80. The van der Waals surface area contributed by atoms with Crippen LogP contribution in [0.5, 0.6) is 0 Å². The molecule has 1 aromatic rings. The van der Waals surface area contributed by atoms with Crippen LogP contribution in [0.1, 0.15) is 38.2 Å². The summed E-state index contributed by atoms with van der Waals surface area (Å²) in [6.45, 7) is 6.78. The Kier molecular flexibility index (Phi) is 4.94. The molecule has 3 atom stereocenters. The molecule has 0 bridgehead atoms. The van der Waals surface area contributed by atoms with Crippen molar-refractivity contribution in [1.82, 2.24) is 4.90 Å². The summed E-state index contributed by atoms with van der Waals surface area (Å²) >= 11 is 5.29. The van der Waals surface area contributed by atoms with Crippen LogP contribution in [0.25, 0.3) is 0 Å². The molecule has 104 valence electrons. The molecule has 1 aliphatic heterocycles. The summed E-state index contributed by atoms with van der Waals surface area (Å²) in [5, 5.41) is 0. The van der Waals surface area contributed by atoms with E-state index >= 15 is 0 Å². The average molecular weight is 276 g/mol. The summed E-state index contributed by atoms with van der Waals surface area (Å²) in [5.74, 6) is 0.931. The quantitative estimate of drug-likeness (QED) is 0.857. The molecule has 0 saturated carbocycles. The van der Waals surface area contributed by atoms with Gasteiger partial charge in [0.05, 0.1) is 4.99 Å². The minimum atomic E-state index is 0.170. The second-order valence-electron chi connectivity index (χ2n) is 5.72. The first-order valence-electron chi connectivity index (χ1n) is 7.18. The third-order valence-corrected chi connectivity index (χ3v) is 4.75. The van der Waals surface area contributed by atoms with E-state index < -0.39 is 0 Å². The summed E-state index contributed by atoms with van der Waals surface area (Å²) < 4.78 is 0. The molecule has 0 radical (unpaired) electrons. The van der Waals surface area contributed by atoms with Crippen molar-refractivity contribution in [2.24, 2.45) is 11.7 Å². The molecule has 1 saturated heterocycles. The normalized spacial score (nSPS) is 26.0. The summed E-state index contributed by atoms with van der Waals surface area (Å²) in [4.78, 5) is 3.15. The van der Waals surface area contributed by atoms with E-state index in [-0.39, 0.29) is 5.92 Å². The van der Waals surface area contributed by atoms with Crippen LogP contribution in [0.4, 0.5) is 0 Å². The smallest absolute Gasteiger partial charge is 0.0816 e. The Balaban J connectivity index is 2.11. The molecule has 3 unspecified atom stereocenters. The molecule has 3 heteroatoms. The molecule has 1 aromatic carbocycles. The highest BCUT2D eigenvalue weighted by Gasteiger charge is 2.27. The van der Waals surface area contributed by atoms with E-state index in [9.17, 15) is 0 Å². The van der Waals surface area contributed by atoms with Gasteiger partial charge in [0.2, 0.25) is 0 Å². The molecular weight excluding hydrogens is 252 g/mol. The lowest BCUT2D eigenvalue weighted by molar-refractivity contribution is 0.113. The van der Waals surface area contributed by atoms with Crippen molar-refractivity contribution in [2.75, 3.05) is 13.1 Å². The predicted molar refractivity (Wildman–Crippen MR) is 85.4 cm³/mol. The molecule has 1 heterocycles. The van der Waals surface area contributed by atoms with Gasteiger partial charge in [0, 0.05) is 18.5 Å². The molecule has 1 aliphatic rings. The van der Waals surface area contributed by atoms with Gasteiger partial charge in [-0.1, -0.05) is 49.5 Å². The number of hydrogen-bond acceptors (Lipinski definition) is 2. The third kappa shape index (κ3) is 3.54. The van der Waals surface area contributed by atoms with Gasteiger partial charge < -0.3 is 5.73 Å². The maximum atomic E-state index is 5.97. The van der Waals surface area contributed by atoms with Crippen molar-refractivity contribution in [3.8, 4) is 0 Å². The lowest BCUT2D eigenvalue weighted by atomic mass is 9.90. The molecule has 2 rings (SSSR count). The Morgan fingerprint density at radius 1 is 1.37 bits per heavy atom. The van der Waals surface area contributed by atoms with E-state index in [1.807, 2.05) is 6.07 Å². The van der Waals surface area contributed by atoms with E-state index in [0.29, 0.717) is 11.0 Å². The van der Waals surface area contributed by atoms with Crippen molar-refractivity contribution in [3.63, 3.8) is 0 Å². The highest BCUT2D eigenvalue weighted by atomic mass is 32.1. The van der Waals surface area contributed by atoms with Crippen LogP contribution in [-0.4, -0.2) is 29.0 Å². The number of piperidine rings is 1. The zero-order chi connectivity index (χ0) is 13.8. The Morgan fingerprint density at radius 2 is 2.05 bits per heavy atom. The van der Waals surface area contributed by atoms with Crippen molar-refractivity contribution < 1.29 is 0 Å². The number of benzene rings is 1. The number of thiocarbonyl (C=S) groups is 1. The van der Waals surface area contributed by atoms with Crippen LogP contribution >= 0.6 is 12.2 Å². The second kappa shape index (κ2) is 6.49. The average Bonchev–Trinajstić information content (AvgIpc) is 2.41. The minimum absolute atomic E-state index is 0.170. The van der Waals surface area contributed by atoms with Crippen LogP contribution in [0.3, 0.4) is 0 Å². The minimum Gasteiger partial charge on any atom is -0.393 e. The van der Waals surface area contributed by atoms with Gasteiger partial charge in [-0.2, -0.15) is 0 Å². The largest absolute Gasteiger partial charge is 0.393 e. The van der Waals surface area contributed by atoms with Gasteiger partial charge in [-0.15, -0.1) is 0 Å².